The van der Waals surface area contributed by atoms with Crippen molar-refractivity contribution in [3.8, 4) is 0 Å². The molecule has 9 heteroatoms. The molecule has 0 radical (unpaired) electrons. The number of amides is 3. The zero-order chi connectivity index (χ0) is 22.7. The van der Waals surface area contributed by atoms with Gasteiger partial charge < -0.3 is 10.4 Å². The molecule has 0 heterocycles. The van der Waals surface area contributed by atoms with E-state index in [1.807, 2.05) is 20.1 Å². The standard InChI is InChI=1S/C21H28N2O5S2/c1-14(2)11-18(24)22-16(9-10-30-3)20(26)23(19(25)13-29)17(21(27)28)12-15-7-5-4-6-8-15/h4-8,13-14,16-17H,9-12H2,1-3H3,(H,22,24)(H,27,28)/t16-,17-/m0/s1. The van der Waals surface area contributed by atoms with E-state index in [1.54, 1.807) is 30.3 Å². The highest BCUT2D eigenvalue weighted by atomic mass is 32.2. The van der Waals surface area contributed by atoms with Gasteiger partial charge in [-0.3, -0.25) is 19.3 Å². The molecular formula is C21H28N2O5S2. The number of benzene rings is 1. The average Bonchev–Trinajstić information content (AvgIpc) is 2.70. The number of hydrogen-bond donors (Lipinski definition) is 2. The number of thioether (sulfide) groups is 1. The number of carbonyl (C=O) groups excluding carboxylic acids is 3. The Kier molecular flexibility index (Phi) is 11.3. The van der Waals surface area contributed by atoms with Crippen LogP contribution in [0.5, 0.6) is 0 Å². The Morgan fingerprint density at radius 2 is 1.83 bits per heavy atom. The molecule has 0 unspecified atom stereocenters. The fraction of sp³-hybridized carbons (Fsp3) is 0.476. The number of nitrogens with one attached hydrogen (secondary N) is 1. The lowest BCUT2D eigenvalue weighted by molar-refractivity contribution is -0.156. The van der Waals surface area contributed by atoms with Crippen LogP contribution in [0.1, 0.15) is 32.3 Å². The summed E-state index contributed by atoms with van der Waals surface area (Å²) in [5.41, 5.74) is 0.657. The smallest absolute Gasteiger partial charge is 0.327 e. The van der Waals surface area contributed by atoms with E-state index in [9.17, 15) is 24.3 Å². The first-order valence-electron chi connectivity index (χ1n) is 9.58. The van der Waals surface area contributed by atoms with Gasteiger partial charge in [0, 0.05) is 12.8 Å². The van der Waals surface area contributed by atoms with Crippen molar-refractivity contribution in [2.24, 2.45) is 5.92 Å². The molecule has 3 amide bonds. The Morgan fingerprint density at radius 1 is 1.20 bits per heavy atom. The topological polar surface area (TPSA) is 104 Å². The summed E-state index contributed by atoms with van der Waals surface area (Å²) in [6.45, 7) is 3.75. The molecule has 1 aromatic carbocycles. The van der Waals surface area contributed by atoms with Crippen LogP contribution < -0.4 is 5.32 Å². The number of nitrogens with zero attached hydrogens (tertiary/aromatic N) is 1. The fourth-order valence-electron chi connectivity index (χ4n) is 2.88. The van der Waals surface area contributed by atoms with Crippen molar-refractivity contribution >= 4 is 53.0 Å². The van der Waals surface area contributed by atoms with Gasteiger partial charge in [-0.1, -0.05) is 56.4 Å². The molecule has 0 bridgehead atoms. The predicted octanol–water partition coefficient (Wildman–Crippen LogP) is 2.32. The minimum absolute atomic E-state index is 0.0635. The van der Waals surface area contributed by atoms with Gasteiger partial charge >= 0.3 is 5.97 Å². The molecule has 0 aliphatic rings. The fourth-order valence-corrected chi connectivity index (χ4v) is 3.47. The van der Waals surface area contributed by atoms with Crippen LogP contribution in [0.25, 0.3) is 0 Å². The van der Waals surface area contributed by atoms with Crippen molar-refractivity contribution in [1.82, 2.24) is 10.2 Å². The Balaban J connectivity index is 3.22. The molecule has 7 nitrogen and oxygen atoms in total. The Labute approximate surface area is 186 Å². The maximum atomic E-state index is 13.3. The predicted molar refractivity (Wildman–Crippen MR) is 121 cm³/mol. The zero-order valence-corrected chi connectivity index (χ0v) is 19.0. The third kappa shape index (κ3) is 8.23. The number of carboxylic acid groups (broad SMARTS) is 1. The third-order valence-electron chi connectivity index (χ3n) is 4.28. The summed E-state index contributed by atoms with van der Waals surface area (Å²) in [7, 11) is 0. The molecular weight excluding hydrogens is 424 g/mol. The molecule has 164 valence electrons. The van der Waals surface area contributed by atoms with E-state index >= 15 is 0 Å². The zero-order valence-electron chi connectivity index (χ0n) is 17.4. The number of thiocarbonyl (C=S) groups is 1. The second kappa shape index (κ2) is 13.1. The van der Waals surface area contributed by atoms with E-state index in [0.717, 1.165) is 5.37 Å². The summed E-state index contributed by atoms with van der Waals surface area (Å²) in [6, 6.07) is 6.26. The Bertz CT molecular complexity index is 755. The first-order valence-corrected chi connectivity index (χ1v) is 11.4. The lowest BCUT2D eigenvalue weighted by Crippen LogP contribution is -2.57. The van der Waals surface area contributed by atoms with Crippen LogP contribution in [0, 0.1) is 5.92 Å². The van der Waals surface area contributed by atoms with Gasteiger partial charge in [-0.25, -0.2) is 4.79 Å². The number of carbonyl (C=O) groups is 4. The van der Waals surface area contributed by atoms with Gasteiger partial charge in [-0.2, -0.15) is 11.8 Å². The largest absolute Gasteiger partial charge is 0.480 e. The number of carboxylic acids is 1. The molecule has 1 aromatic rings. The van der Waals surface area contributed by atoms with Gasteiger partial charge in [0.1, 0.15) is 12.1 Å². The van der Waals surface area contributed by atoms with Crippen LogP contribution in [0.3, 0.4) is 0 Å². The van der Waals surface area contributed by atoms with Crippen molar-refractivity contribution in [1.29, 1.82) is 0 Å². The van der Waals surface area contributed by atoms with Gasteiger partial charge in [-0.05, 0) is 29.9 Å². The van der Waals surface area contributed by atoms with Gasteiger partial charge in [0.25, 0.3) is 11.8 Å². The second-order valence-corrected chi connectivity index (χ2v) is 8.43. The van der Waals surface area contributed by atoms with E-state index in [4.69, 9.17) is 12.2 Å². The molecule has 0 aromatic heterocycles. The number of hydrogen-bond acceptors (Lipinski definition) is 6. The van der Waals surface area contributed by atoms with Crippen molar-refractivity contribution < 1.29 is 24.3 Å². The summed E-state index contributed by atoms with van der Waals surface area (Å²) in [6.07, 6.45) is 2.28. The summed E-state index contributed by atoms with van der Waals surface area (Å²) in [5, 5.41) is 13.2. The van der Waals surface area contributed by atoms with Crippen LogP contribution >= 0.6 is 24.0 Å². The highest BCUT2D eigenvalue weighted by Gasteiger charge is 2.38. The third-order valence-corrected chi connectivity index (χ3v) is 5.13. The Hall–Kier alpha value is -2.26. The van der Waals surface area contributed by atoms with E-state index in [0.29, 0.717) is 16.2 Å². The molecule has 0 saturated carbocycles. The van der Waals surface area contributed by atoms with E-state index < -0.39 is 29.9 Å². The van der Waals surface area contributed by atoms with E-state index in [-0.39, 0.29) is 31.1 Å². The normalized spacial score (nSPS) is 12.7. The summed E-state index contributed by atoms with van der Waals surface area (Å²) in [4.78, 5) is 50.7. The van der Waals surface area contributed by atoms with Crippen molar-refractivity contribution in [3.63, 3.8) is 0 Å². The lowest BCUT2D eigenvalue weighted by atomic mass is 10.0. The number of aliphatic carboxylic acids is 1. The minimum atomic E-state index is -1.44. The Morgan fingerprint density at radius 3 is 2.33 bits per heavy atom. The maximum absolute atomic E-state index is 13.3. The van der Waals surface area contributed by atoms with E-state index in [2.05, 4.69) is 5.32 Å². The van der Waals surface area contributed by atoms with Gasteiger partial charge in [0.2, 0.25) is 5.91 Å². The van der Waals surface area contributed by atoms with Gasteiger partial charge in [-0.15, -0.1) is 0 Å². The van der Waals surface area contributed by atoms with Gasteiger partial charge in [0.15, 0.2) is 0 Å². The highest BCUT2D eigenvalue weighted by molar-refractivity contribution is 7.98. The van der Waals surface area contributed by atoms with Crippen molar-refractivity contribution in [2.75, 3.05) is 12.0 Å². The summed E-state index contributed by atoms with van der Waals surface area (Å²) < 4.78 is 0. The number of rotatable bonds is 12. The average molecular weight is 453 g/mol. The molecule has 0 fully saturated rings. The molecule has 0 spiro atoms. The van der Waals surface area contributed by atoms with Crippen LogP contribution in [0.2, 0.25) is 0 Å². The van der Waals surface area contributed by atoms with Crippen molar-refractivity contribution in [2.45, 2.75) is 45.2 Å². The second-order valence-electron chi connectivity index (χ2n) is 7.21. The lowest BCUT2D eigenvalue weighted by Gasteiger charge is -2.30. The molecule has 1 rings (SSSR count). The molecule has 2 N–H and O–H groups in total. The van der Waals surface area contributed by atoms with Crippen LogP contribution in [0.4, 0.5) is 0 Å². The first kappa shape index (κ1) is 25.8. The SMILES string of the molecule is CSCC[C@H](NC(=O)CC(C)C)C(=O)N(C(=O)C=S)[C@@H](Cc1ccccc1)C(=O)O. The quantitative estimate of drug-likeness (QED) is 0.469. The first-order chi connectivity index (χ1) is 14.2. The molecule has 0 aliphatic heterocycles. The van der Waals surface area contributed by atoms with Gasteiger partial charge in [0.05, 0.1) is 5.37 Å². The summed E-state index contributed by atoms with van der Waals surface area (Å²) in [5.74, 6) is -2.66. The van der Waals surface area contributed by atoms with Crippen LogP contribution in [0.15, 0.2) is 30.3 Å². The molecule has 0 saturated heterocycles. The monoisotopic (exact) mass is 452 g/mol. The van der Waals surface area contributed by atoms with Crippen molar-refractivity contribution in [3.05, 3.63) is 35.9 Å². The highest BCUT2D eigenvalue weighted by Crippen LogP contribution is 2.14. The van der Waals surface area contributed by atoms with Crippen LogP contribution in [-0.2, 0) is 25.6 Å². The molecule has 0 aliphatic carbocycles. The van der Waals surface area contributed by atoms with E-state index in [1.165, 1.54) is 11.8 Å². The molecule has 30 heavy (non-hydrogen) atoms. The van der Waals surface area contributed by atoms with Crippen LogP contribution in [-0.4, -0.2) is 63.2 Å². The molecule has 2 atom stereocenters. The summed E-state index contributed by atoms with van der Waals surface area (Å²) >= 11 is 6.19. The number of imide groups is 1. The minimum Gasteiger partial charge on any atom is -0.480 e. The maximum Gasteiger partial charge on any atom is 0.327 e.